The molecular weight excluding hydrogens is 326 g/mol. The molecule has 1 aliphatic heterocycles. The fraction of sp³-hybridized carbons (Fsp3) is 0.412. The van der Waals surface area contributed by atoms with Crippen LogP contribution in [0.1, 0.15) is 30.1 Å². The van der Waals surface area contributed by atoms with Gasteiger partial charge in [-0.2, -0.15) is 5.10 Å². The number of likely N-dealkylation sites (tertiary alicyclic amines) is 1. The lowest BCUT2D eigenvalue weighted by Gasteiger charge is -2.28. The molecule has 3 rings (SSSR count). The Balaban J connectivity index is 1.58. The number of carbonyl (C=O) groups is 1. The predicted molar refractivity (Wildman–Crippen MR) is 93.8 cm³/mol. The molecule has 1 aromatic heterocycles. The third-order valence-corrected chi connectivity index (χ3v) is 4.50. The lowest BCUT2D eigenvalue weighted by Crippen LogP contribution is -2.41. The number of hydrogen-bond acceptors (Lipinski definition) is 3. The summed E-state index contributed by atoms with van der Waals surface area (Å²) in [5, 5.41) is 13.2. The Hall–Kier alpha value is -2.05. The second-order valence-corrected chi connectivity index (χ2v) is 6.40. The average molecular weight is 348 g/mol. The Morgan fingerprint density at radius 1 is 1.29 bits per heavy atom. The SMILES string of the molecule is O=C(NCc1ccn[nH]1)NCC(c1cccc(Cl)c1)N1CCCC1. The summed E-state index contributed by atoms with van der Waals surface area (Å²) < 4.78 is 0. The van der Waals surface area contributed by atoms with Gasteiger partial charge in [-0.25, -0.2) is 4.79 Å². The van der Waals surface area contributed by atoms with Crippen molar-refractivity contribution in [1.29, 1.82) is 0 Å². The molecule has 0 aliphatic carbocycles. The van der Waals surface area contributed by atoms with Crippen molar-refractivity contribution in [1.82, 2.24) is 25.7 Å². The van der Waals surface area contributed by atoms with Gasteiger partial charge in [-0.05, 0) is 49.7 Å². The normalized spacial score (nSPS) is 16.0. The highest BCUT2D eigenvalue weighted by Gasteiger charge is 2.24. The second kappa shape index (κ2) is 8.17. The van der Waals surface area contributed by atoms with Crippen LogP contribution in [0.2, 0.25) is 5.02 Å². The Kier molecular flexibility index (Phi) is 5.72. The van der Waals surface area contributed by atoms with Crippen molar-refractivity contribution in [2.45, 2.75) is 25.4 Å². The lowest BCUT2D eigenvalue weighted by molar-refractivity contribution is 0.220. The van der Waals surface area contributed by atoms with Gasteiger partial charge in [0.15, 0.2) is 0 Å². The zero-order chi connectivity index (χ0) is 16.8. The third kappa shape index (κ3) is 4.49. The van der Waals surface area contributed by atoms with Crippen molar-refractivity contribution in [3.8, 4) is 0 Å². The Morgan fingerprint density at radius 3 is 2.83 bits per heavy atom. The van der Waals surface area contributed by atoms with Gasteiger partial charge in [0.1, 0.15) is 0 Å². The molecule has 1 fully saturated rings. The summed E-state index contributed by atoms with van der Waals surface area (Å²) in [6.45, 7) is 3.08. The van der Waals surface area contributed by atoms with Crippen LogP contribution in [0.15, 0.2) is 36.5 Å². The largest absolute Gasteiger partial charge is 0.336 e. The first-order chi connectivity index (χ1) is 11.7. The summed E-state index contributed by atoms with van der Waals surface area (Å²) >= 11 is 6.14. The zero-order valence-electron chi connectivity index (χ0n) is 13.5. The minimum absolute atomic E-state index is 0.143. The van der Waals surface area contributed by atoms with E-state index in [1.54, 1.807) is 6.20 Å². The van der Waals surface area contributed by atoms with Gasteiger partial charge in [-0.1, -0.05) is 23.7 Å². The number of amides is 2. The summed E-state index contributed by atoms with van der Waals surface area (Å²) in [7, 11) is 0. The van der Waals surface area contributed by atoms with Crippen LogP contribution in [0.5, 0.6) is 0 Å². The first-order valence-electron chi connectivity index (χ1n) is 8.22. The zero-order valence-corrected chi connectivity index (χ0v) is 14.2. The molecule has 2 heterocycles. The number of aromatic amines is 1. The molecule has 128 valence electrons. The fourth-order valence-corrected chi connectivity index (χ4v) is 3.23. The van der Waals surface area contributed by atoms with E-state index in [2.05, 4.69) is 31.8 Å². The van der Waals surface area contributed by atoms with Gasteiger partial charge >= 0.3 is 6.03 Å². The Bertz CT molecular complexity index is 655. The summed E-state index contributed by atoms with van der Waals surface area (Å²) in [6, 6.07) is 9.67. The minimum atomic E-state index is -0.184. The van der Waals surface area contributed by atoms with Gasteiger partial charge in [0.2, 0.25) is 0 Å². The van der Waals surface area contributed by atoms with Crippen molar-refractivity contribution < 1.29 is 4.79 Å². The van der Waals surface area contributed by atoms with Crippen LogP contribution in [0.25, 0.3) is 0 Å². The number of aromatic nitrogens is 2. The molecule has 2 aromatic rings. The highest BCUT2D eigenvalue weighted by molar-refractivity contribution is 6.30. The molecule has 1 aliphatic rings. The van der Waals surface area contributed by atoms with E-state index < -0.39 is 0 Å². The van der Waals surface area contributed by atoms with Crippen LogP contribution in [-0.4, -0.2) is 40.8 Å². The number of rotatable bonds is 6. The number of nitrogens with zero attached hydrogens (tertiary/aromatic N) is 2. The molecule has 3 N–H and O–H groups in total. The van der Waals surface area contributed by atoms with E-state index in [-0.39, 0.29) is 12.1 Å². The van der Waals surface area contributed by atoms with Crippen molar-refractivity contribution in [3.63, 3.8) is 0 Å². The molecule has 0 bridgehead atoms. The molecule has 0 saturated carbocycles. The van der Waals surface area contributed by atoms with Crippen molar-refractivity contribution in [2.75, 3.05) is 19.6 Å². The molecule has 6 nitrogen and oxygen atoms in total. The Morgan fingerprint density at radius 2 is 2.12 bits per heavy atom. The van der Waals surface area contributed by atoms with Gasteiger partial charge in [-0.3, -0.25) is 10.00 Å². The summed E-state index contributed by atoms with van der Waals surface area (Å²) in [5.41, 5.74) is 2.01. The van der Waals surface area contributed by atoms with Crippen molar-refractivity contribution >= 4 is 17.6 Å². The highest BCUT2D eigenvalue weighted by atomic mass is 35.5. The summed E-state index contributed by atoms with van der Waals surface area (Å²) in [6.07, 6.45) is 4.06. The third-order valence-electron chi connectivity index (χ3n) is 4.27. The molecule has 1 saturated heterocycles. The number of H-pyrrole nitrogens is 1. The smallest absolute Gasteiger partial charge is 0.315 e. The van der Waals surface area contributed by atoms with E-state index >= 15 is 0 Å². The quantitative estimate of drug-likeness (QED) is 0.752. The number of carbonyl (C=O) groups excluding carboxylic acids is 1. The van der Waals surface area contributed by atoms with Crippen LogP contribution in [0, 0.1) is 0 Å². The highest BCUT2D eigenvalue weighted by Crippen LogP contribution is 2.26. The molecular formula is C17H22ClN5O. The maximum absolute atomic E-state index is 12.1. The molecule has 0 radical (unpaired) electrons. The van der Waals surface area contributed by atoms with Gasteiger partial charge < -0.3 is 10.6 Å². The molecule has 7 heteroatoms. The van der Waals surface area contributed by atoms with E-state index in [0.29, 0.717) is 13.1 Å². The standard InChI is InChI=1S/C17H22ClN5O/c18-14-5-3-4-13(10-14)16(23-8-1-2-9-23)12-20-17(24)19-11-15-6-7-21-22-15/h3-7,10,16H,1-2,8-9,11-12H2,(H,21,22)(H2,19,20,24). The van der Waals surface area contributed by atoms with Crippen LogP contribution in [0.4, 0.5) is 4.79 Å². The molecule has 1 unspecified atom stereocenters. The number of nitrogens with one attached hydrogen (secondary N) is 3. The van der Waals surface area contributed by atoms with Gasteiger partial charge in [0, 0.05) is 17.8 Å². The number of hydrogen-bond donors (Lipinski definition) is 3. The fourth-order valence-electron chi connectivity index (χ4n) is 3.04. The topological polar surface area (TPSA) is 73.0 Å². The molecule has 1 atom stereocenters. The molecule has 0 spiro atoms. The van der Waals surface area contributed by atoms with E-state index in [1.807, 2.05) is 24.3 Å². The second-order valence-electron chi connectivity index (χ2n) is 5.96. The molecule has 2 amide bonds. The van der Waals surface area contributed by atoms with Crippen LogP contribution < -0.4 is 10.6 Å². The van der Waals surface area contributed by atoms with Crippen molar-refractivity contribution in [2.24, 2.45) is 0 Å². The number of halogens is 1. The van der Waals surface area contributed by atoms with E-state index in [0.717, 1.165) is 29.4 Å². The first kappa shape index (κ1) is 16.8. The number of benzene rings is 1. The van der Waals surface area contributed by atoms with Gasteiger partial charge in [0.05, 0.1) is 18.3 Å². The monoisotopic (exact) mass is 347 g/mol. The van der Waals surface area contributed by atoms with Crippen LogP contribution in [0.3, 0.4) is 0 Å². The molecule has 24 heavy (non-hydrogen) atoms. The maximum Gasteiger partial charge on any atom is 0.315 e. The lowest BCUT2D eigenvalue weighted by atomic mass is 10.1. The maximum atomic E-state index is 12.1. The Labute approximate surface area is 146 Å². The van der Waals surface area contributed by atoms with Gasteiger partial charge in [0.25, 0.3) is 0 Å². The average Bonchev–Trinajstić information content (AvgIpc) is 3.27. The summed E-state index contributed by atoms with van der Waals surface area (Å²) in [4.78, 5) is 14.5. The first-order valence-corrected chi connectivity index (χ1v) is 8.59. The van der Waals surface area contributed by atoms with Crippen molar-refractivity contribution in [3.05, 3.63) is 52.8 Å². The van der Waals surface area contributed by atoms with E-state index in [4.69, 9.17) is 11.6 Å². The van der Waals surface area contributed by atoms with E-state index in [1.165, 1.54) is 12.8 Å². The van der Waals surface area contributed by atoms with Gasteiger partial charge in [-0.15, -0.1) is 0 Å². The molecule has 1 aromatic carbocycles. The summed E-state index contributed by atoms with van der Waals surface area (Å²) in [5.74, 6) is 0. The van der Waals surface area contributed by atoms with Crippen LogP contribution >= 0.6 is 11.6 Å². The number of urea groups is 1. The van der Waals surface area contributed by atoms with E-state index in [9.17, 15) is 4.79 Å². The van der Waals surface area contributed by atoms with Crippen LogP contribution in [-0.2, 0) is 6.54 Å². The predicted octanol–water partition coefficient (Wildman–Crippen LogP) is 2.70. The minimum Gasteiger partial charge on any atom is -0.336 e.